The summed E-state index contributed by atoms with van der Waals surface area (Å²) in [5.41, 5.74) is -0.973. The first-order valence-electron chi connectivity index (χ1n) is 21.7. The zero-order valence-electron chi connectivity index (χ0n) is 38.9. The number of hydrogen-bond donors (Lipinski definition) is 1. The number of hydrogen-bond acceptors (Lipinski definition) is 17. The van der Waals surface area contributed by atoms with E-state index >= 15 is 0 Å². The molecule has 0 aliphatic carbocycles. The number of likely N-dealkylation sites (N-methyl/N-ethyl adjacent to an activating group) is 1. The largest absolute Gasteiger partial charge is 0.462 e. The third-order valence-electron chi connectivity index (χ3n) is 11.6. The molecule has 3 heterocycles. The highest BCUT2D eigenvalue weighted by Gasteiger charge is 2.53. The molecule has 1 N–H and O–H groups in total. The summed E-state index contributed by atoms with van der Waals surface area (Å²) in [6.45, 7) is 15.3. The molecule has 0 aromatic carbocycles. The van der Waals surface area contributed by atoms with Gasteiger partial charge < -0.3 is 62.2 Å². The Labute approximate surface area is 367 Å². The first-order valence-corrected chi connectivity index (χ1v) is 21.7. The summed E-state index contributed by atoms with van der Waals surface area (Å²) in [5, 5.41) is 12.2. The number of esters is 4. The molecular formula is C45H73NO16. The standard InChI is InChI=1S/C45H73NO16/c1-25(2)21-35(50)60-43-29(6)56-37(24-45(43,9)54-13)61-40-28(5)57-44(39(52)38(40)46(10)11)62-41-32(19-20-47)22-26(3)33(58-30(7)48)18-16-14-15-17-27(4)55-36(51)23-34(42(41)53-12)59-31(8)49/h14-16,18,20,25-29,32-34,37-44,52H,17,19,21-24H2,1-13H3/b15-14+,18-16+/t26-,27-,28-,29+,32+,33+,34-,37+,38-,39-,40-,41+,42?,43+,44+,45-/m1/s1. The fourth-order valence-electron chi connectivity index (χ4n) is 8.60. The van der Waals surface area contributed by atoms with Crippen LogP contribution in [0.4, 0.5) is 0 Å². The Balaban J connectivity index is 2.04. The number of carbonyl (C=O) groups is 5. The molecular weight excluding hydrogens is 810 g/mol. The molecule has 0 aromatic heterocycles. The molecule has 0 saturated carbocycles. The van der Waals surface area contributed by atoms with Crippen molar-refractivity contribution in [1.82, 2.24) is 4.90 Å². The van der Waals surface area contributed by atoms with Crippen LogP contribution in [-0.4, -0.2) is 154 Å². The SMILES string of the molecule is COC1[C@@H](O[C@@H]2O[C@H](C)[C@@H](O[C@H]3C[C@@](C)(OC)[C@@H](OC(=O)CC(C)C)[C@H](C)O3)[C@H](N(C)C)[C@H]2O)[C@@H](CC=O)C[C@@H](C)[C@@H](OC(C)=O)/C=C/C=C/C[C@@H](C)OC(=O)C[C@H]1OC(C)=O. The van der Waals surface area contributed by atoms with E-state index in [9.17, 15) is 29.1 Å². The average molecular weight is 884 g/mol. The van der Waals surface area contributed by atoms with Crippen molar-refractivity contribution >= 4 is 30.2 Å². The van der Waals surface area contributed by atoms with Crippen LogP contribution in [0.5, 0.6) is 0 Å². The maximum absolute atomic E-state index is 13.4. The van der Waals surface area contributed by atoms with Crippen molar-refractivity contribution in [3.8, 4) is 0 Å². The van der Waals surface area contributed by atoms with Gasteiger partial charge in [0.2, 0.25) is 0 Å². The van der Waals surface area contributed by atoms with E-state index in [1.807, 2.05) is 33.8 Å². The maximum Gasteiger partial charge on any atom is 0.309 e. The molecule has 354 valence electrons. The van der Waals surface area contributed by atoms with Gasteiger partial charge in [0.05, 0.1) is 30.8 Å². The van der Waals surface area contributed by atoms with Crippen LogP contribution < -0.4 is 0 Å². The van der Waals surface area contributed by atoms with Crippen molar-refractivity contribution in [2.75, 3.05) is 28.3 Å². The number of rotatable bonds is 14. The minimum Gasteiger partial charge on any atom is -0.462 e. The smallest absolute Gasteiger partial charge is 0.309 e. The van der Waals surface area contributed by atoms with Crippen LogP contribution in [0.25, 0.3) is 0 Å². The monoisotopic (exact) mass is 883 g/mol. The van der Waals surface area contributed by atoms with Gasteiger partial charge in [0.25, 0.3) is 0 Å². The Bertz CT molecular complexity index is 1520. The van der Waals surface area contributed by atoms with Gasteiger partial charge in [0.1, 0.15) is 48.5 Å². The Hall–Kier alpha value is -3.29. The number of ether oxygens (including phenoxy) is 10. The highest BCUT2D eigenvalue weighted by molar-refractivity contribution is 5.72. The van der Waals surface area contributed by atoms with Crippen molar-refractivity contribution in [3.63, 3.8) is 0 Å². The molecule has 0 spiro atoms. The number of allylic oxidation sites excluding steroid dienone is 2. The lowest BCUT2D eigenvalue weighted by Gasteiger charge is -2.51. The summed E-state index contributed by atoms with van der Waals surface area (Å²) >= 11 is 0. The first kappa shape index (κ1) is 53.1. The molecule has 2 fully saturated rings. The molecule has 0 radical (unpaired) electrons. The van der Waals surface area contributed by atoms with E-state index in [0.717, 1.165) is 6.29 Å². The van der Waals surface area contributed by atoms with Gasteiger partial charge in [-0.25, -0.2) is 0 Å². The zero-order chi connectivity index (χ0) is 46.5. The van der Waals surface area contributed by atoms with Gasteiger partial charge in [0, 0.05) is 53.8 Å². The van der Waals surface area contributed by atoms with Crippen molar-refractivity contribution in [3.05, 3.63) is 24.3 Å². The lowest BCUT2D eigenvalue weighted by atomic mass is 9.82. The predicted octanol–water partition coefficient (Wildman–Crippen LogP) is 4.24. The molecule has 16 atom stereocenters. The van der Waals surface area contributed by atoms with Gasteiger partial charge in [-0.3, -0.25) is 19.2 Å². The van der Waals surface area contributed by atoms with E-state index in [2.05, 4.69) is 0 Å². The molecule has 0 bridgehead atoms. The summed E-state index contributed by atoms with van der Waals surface area (Å²) in [7, 11) is 6.45. The second kappa shape index (κ2) is 24.7. The van der Waals surface area contributed by atoms with Crippen LogP contribution in [0.1, 0.15) is 101 Å². The number of methoxy groups -OCH3 is 2. The number of nitrogens with zero attached hydrogens (tertiary/aromatic N) is 1. The number of cyclic esters (lactones) is 1. The fourth-order valence-corrected chi connectivity index (χ4v) is 8.60. The van der Waals surface area contributed by atoms with Crippen molar-refractivity contribution in [2.24, 2.45) is 17.8 Å². The number of carbonyl (C=O) groups excluding carboxylic acids is 5. The van der Waals surface area contributed by atoms with E-state index in [-0.39, 0.29) is 37.6 Å². The number of aliphatic hydroxyl groups excluding tert-OH is 1. The molecule has 1 unspecified atom stereocenters. The van der Waals surface area contributed by atoms with E-state index in [0.29, 0.717) is 6.42 Å². The van der Waals surface area contributed by atoms with Crippen molar-refractivity contribution in [2.45, 2.75) is 186 Å². The number of aldehydes is 1. The van der Waals surface area contributed by atoms with Crippen molar-refractivity contribution in [1.29, 1.82) is 0 Å². The molecule has 3 aliphatic rings. The molecule has 3 rings (SSSR count). The predicted molar refractivity (Wildman–Crippen MR) is 224 cm³/mol. The Kier molecular flexibility index (Phi) is 21.1. The van der Waals surface area contributed by atoms with Crippen LogP contribution >= 0.6 is 0 Å². The van der Waals surface area contributed by atoms with Gasteiger partial charge in [-0.15, -0.1) is 0 Å². The van der Waals surface area contributed by atoms with E-state index in [4.69, 9.17) is 47.4 Å². The highest BCUT2D eigenvalue weighted by atomic mass is 16.7. The van der Waals surface area contributed by atoms with Gasteiger partial charge in [-0.2, -0.15) is 0 Å². The lowest BCUT2D eigenvalue weighted by molar-refractivity contribution is -0.345. The lowest BCUT2D eigenvalue weighted by Crippen LogP contribution is -2.66. The highest BCUT2D eigenvalue weighted by Crippen LogP contribution is 2.39. The normalized spacial score (nSPS) is 38.7. The number of aliphatic hydroxyl groups is 1. The summed E-state index contributed by atoms with van der Waals surface area (Å²) in [5.74, 6) is -3.22. The van der Waals surface area contributed by atoms with Gasteiger partial charge >= 0.3 is 23.9 Å². The molecule has 3 aliphatic heterocycles. The minimum absolute atomic E-state index is 0.0932. The zero-order valence-corrected chi connectivity index (χ0v) is 38.9. The van der Waals surface area contributed by atoms with Crippen LogP contribution in [0.2, 0.25) is 0 Å². The van der Waals surface area contributed by atoms with Gasteiger partial charge in [0.15, 0.2) is 18.7 Å². The summed E-state index contributed by atoms with van der Waals surface area (Å²) < 4.78 is 61.1. The van der Waals surface area contributed by atoms with Crippen LogP contribution in [-0.2, 0) is 71.3 Å². The second-order valence-electron chi connectivity index (χ2n) is 17.7. The second-order valence-corrected chi connectivity index (χ2v) is 17.7. The molecule has 17 nitrogen and oxygen atoms in total. The molecule has 0 aromatic rings. The Morgan fingerprint density at radius 3 is 2.21 bits per heavy atom. The Morgan fingerprint density at radius 2 is 1.63 bits per heavy atom. The minimum atomic E-state index is -1.39. The summed E-state index contributed by atoms with van der Waals surface area (Å²) in [6.07, 6.45) is -3.06. The van der Waals surface area contributed by atoms with Crippen LogP contribution in [0.3, 0.4) is 0 Å². The molecule has 17 heteroatoms. The van der Waals surface area contributed by atoms with E-state index < -0.39 is 121 Å². The van der Waals surface area contributed by atoms with Crippen molar-refractivity contribution < 1.29 is 76.4 Å². The summed E-state index contributed by atoms with van der Waals surface area (Å²) in [6, 6.07) is -0.763. The molecule has 62 heavy (non-hydrogen) atoms. The Morgan fingerprint density at radius 1 is 0.952 bits per heavy atom. The molecule has 2 saturated heterocycles. The third-order valence-corrected chi connectivity index (χ3v) is 11.6. The topological polar surface area (TPSA) is 201 Å². The van der Waals surface area contributed by atoms with E-state index in [1.165, 1.54) is 21.0 Å². The average Bonchev–Trinajstić information content (AvgIpc) is 3.16. The van der Waals surface area contributed by atoms with Gasteiger partial charge in [-0.1, -0.05) is 39.0 Å². The fraction of sp³-hybridized carbons (Fsp3) is 0.800. The molecule has 0 amide bonds. The third kappa shape index (κ3) is 15.2. The first-order chi connectivity index (χ1) is 29.1. The summed E-state index contributed by atoms with van der Waals surface area (Å²) in [4.78, 5) is 65.2. The quantitative estimate of drug-likeness (QED) is 0.147. The van der Waals surface area contributed by atoms with Crippen LogP contribution in [0, 0.1) is 17.8 Å². The van der Waals surface area contributed by atoms with Crippen LogP contribution in [0.15, 0.2) is 24.3 Å². The van der Waals surface area contributed by atoms with Gasteiger partial charge in [-0.05, 0) is 72.0 Å². The maximum atomic E-state index is 13.4. The van der Waals surface area contributed by atoms with E-state index in [1.54, 1.807) is 65.1 Å².